The lowest BCUT2D eigenvalue weighted by Gasteiger charge is -2.40. The molecule has 0 unspecified atom stereocenters. The zero-order valence-corrected chi connectivity index (χ0v) is 18.5. The highest BCUT2D eigenvalue weighted by Crippen LogP contribution is 2.56. The number of carbonyl (C=O) groups excluding carboxylic acids is 1. The average molecular weight is 605 g/mol. The van der Waals surface area contributed by atoms with Gasteiger partial charge in [0.25, 0.3) is 5.91 Å². The Morgan fingerprint density at radius 1 is 0.632 bits per heavy atom. The molecule has 1 amide bonds. The summed E-state index contributed by atoms with van der Waals surface area (Å²) in [6.07, 6.45) is -38.7. The third-order valence-corrected chi connectivity index (χ3v) is 5.59. The van der Waals surface area contributed by atoms with Crippen LogP contribution in [0.3, 0.4) is 0 Å². The molecule has 226 valence electrons. The fourth-order valence-corrected chi connectivity index (χ4v) is 3.12. The van der Waals surface area contributed by atoms with Gasteiger partial charge in [-0.15, -0.1) is 0 Å². The van der Waals surface area contributed by atoms with Crippen LogP contribution >= 0.6 is 0 Å². The van der Waals surface area contributed by atoms with Crippen molar-refractivity contribution in [3.63, 3.8) is 0 Å². The Labute approximate surface area is 200 Å². The third kappa shape index (κ3) is 6.16. The number of hydrogen-bond acceptors (Lipinski definition) is 3. The van der Waals surface area contributed by atoms with E-state index < -0.39 is 66.2 Å². The topological polar surface area (TPSA) is 47.6 Å². The van der Waals surface area contributed by atoms with E-state index >= 15 is 0 Å². The van der Waals surface area contributed by atoms with Crippen molar-refractivity contribution in [1.29, 1.82) is 0 Å². The van der Waals surface area contributed by atoms with E-state index in [9.17, 15) is 79.4 Å². The number of rotatable bonds is 8. The summed E-state index contributed by atoms with van der Waals surface area (Å²) >= 11 is 0. The molecule has 1 saturated carbocycles. The Morgan fingerprint density at radius 3 is 1.47 bits per heavy atom. The molecule has 1 N–H and O–H groups in total. The molecule has 38 heavy (non-hydrogen) atoms. The van der Waals surface area contributed by atoms with Crippen molar-refractivity contribution in [2.75, 3.05) is 0 Å². The lowest BCUT2D eigenvalue weighted by atomic mass is 9.79. The zero-order valence-electron chi connectivity index (χ0n) is 18.5. The molecule has 0 bridgehead atoms. The maximum absolute atomic E-state index is 14.5. The summed E-state index contributed by atoms with van der Waals surface area (Å²) in [6.45, 7) is 3.12. The van der Waals surface area contributed by atoms with Crippen molar-refractivity contribution < 1.29 is 88.9 Å². The van der Waals surface area contributed by atoms with Gasteiger partial charge < -0.3 is 5.32 Å². The van der Waals surface area contributed by atoms with Crippen LogP contribution in [0.4, 0.5) is 74.6 Å². The molecule has 0 aromatic carbocycles. The Morgan fingerprint density at radius 2 is 1.11 bits per heavy atom. The van der Waals surface area contributed by atoms with E-state index in [1.165, 1.54) is 17.0 Å². The average Bonchev–Trinajstić information content (AvgIpc) is 2.67. The van der Waals surface area contributed by atoms with Crippen molar-refractivity contribution in [1.82, 2.24) is 5.32 Å². The first kappa shape index (κ1) is 34.2. The molecule has 0 aromatic rings. The van der Waals surface area contributed by atoms with Crippen molar-refractivity contribution in [3.05, 3.63) is 0 Å². The van der Waals surface area contributed by atoms with Crippen LogP contribution in [0, 0.1) is 11.8 Å². The molecule has 1 rings (SSSR count). The number of nitrogens with one attached hydrogen (secondary N) is 1. The first-order valence-corrected chi connectivity index (χ1v) is 9.89. The van der Waals surface area contributed by atoms with Gasteiger partial charge in [-0.25, -0.2) is 0 Å². The van der Waals surface area contributed by atoms with Crippen molar-refractivity contribution in [3.8, 4) is 0 Å². The monoisotopic (exact) mass is 605 g/mol. The lowest BCUT2D eigenvalue weighted by Crippen LogP contribution is -2.69. The van der Waals surface area contributed by atoms with Gasteiger partial charge >= 0.3 is 48.4 Å². The van der Waals surface area contributed by atoms with Gasteiger partial charge in [0.15, 0.2) is 0 Å². The minimum absolute atomic E-state index is 0.117. The highest BCUT2D eigenvalue weighted by molar-refractivity contribution is 5.84. The fourth-order valence-electron chi connectivity index (χ4n) is 3.12. The lowest BCUT2D eigenvalue weighted by molar-refractivity contribution is -0.548. The maximum Gasteiger partial charge on any atom is 0.462 e. The molecule has 4 nitrogen and oxygen atoms in total. The van der Waals surface area contributed by atoms with E-state index in [4.69, 9.17) is 0 Å². The summed E-state index contributed by atoms with van der Waals surface area (Å²) in [5.74, 6) is -26.4. The summed E-state index contributed by atoms with van der Waals surface area (Å²) in [6, 6.07) is -1.45. The van der Waals surface area contributed by atoms with E-state index in [2.05, 4.69) is 4.74 Å². The molecule has 1 fully saturated rings. The largest absolute Gasteiger partial charge is 0.462 e. The second-order valence-corrected chi connectivity index (χ2v) is 8.43. The van der Waals surface area contributed by atoms with Gasteiger partial charge in [0, 0.05) is 6.04 Å². The van der Waals surface area contributed by atoms with Gasteiger partial charge in [-0.3, -0.25) is 14.3 Å². The van der Waals surface area contributed by atoms with Crippen LogP contribution in [0.1, 0.15) is 33.1 Å². The highest BCUT2D eigenvalue weighted by atomic mass is 19.4. The Kier molecular flexibility index (Phi) is 9.00. The SMILES string of the molecule is C[C@H]1CC[C@H](NC(=O)[C@](F)(OC(F)(F)[C@](F)(OC(F)(F)C(F)(F)C(F)(F)F)C(F)(F)F)C(F)(F)F)C[C@@H]1C. The number of halogens is 17. The van der Waals surface area contributed by atoms with Gasteiger partial charge in [0.2, 0.25) is 0 Å². The summed E-state index contributed by atoms with van der Waals surface area (Å²) in [7, 11) is 0. The van der Waals surface area contributed by atoms with Crippen LogP contribution in [0.15, 0.2) is 0 Å². The van der Waals surface area contributed by atoms with Crippen molar-refractivity contribution in [2.24, 2.45) is 11.8 Å². The van der Waals surface area contributed by atoms with Crippen molar-refractivity contribution in [2.45, 2.75) is 87.5 Å². The molecule has 5 atom stereocenters. The standard InChI is InChI=1S/C17H16F17NO3/c1-6-3-4-8(5-7(6)2)35-9(36)10(18,13(22,23)24)37-17(33,34)12(21,15(28,29)30)38-16(31,32)11(19,20)14(25,26)27/h6-8H,3-5H2,1-2H3,(H,35,36)/t6-,7-,8-,10-,12+/m0/s1. The van der Waals surface area contributed by atoms with Gasteiger partial charge in [-0.2, -0.15) is 74.6 Å². The molecule has 1 aliphatic carbocycles. The Hall–Kier alpha value is -1.80. The summed E-state index contributed by atoms with van der Waals surface area (Å²) in [5.41, 5.74) is 0. The van der Waals surface area contributed by atoms with E-state index in [0.717, 1.165) is 0 Å². The molecular weight excluding hydrogens is 589 g/mol. The molecule has 0 spiro atoms. The Bertz CT molecular complexity index is 854. The van der Waals surface area contributed by atoms with Crippen LogP contribution in [0.2, 0.25) is 0 Å². The van der Waals surface area contributed by atoms with Crippen LogP contribution in [-0.2, 0) is 14.3 Å². The predicted molar refractivity (Wildman–Crippen MR) is 87.0 cm³/mol. The second-order valence-electron chi connectivity index (χ2n) is 8.43. The summed E-state index contributed by atoms with van der Waals surface area (Å²) in [5, 5.41) is 1.17. The molecule has 1 aliphatic rings. The molecule has 21 heteroatoms. The van der Waals surface area contributed by atoms with E-state index in [0.29, 0.717) is 0 Å². The van der Waals surface area contributed by atoms with Crippen LogP contribution < -0.4 is 5.32 Å². The minimum atomic E-state index is -8.02. The van der Waals surface area contributed by atoms with Crippen molar-refractivity contribution >= 4 is 5.91 Å². The molecule has 0 aliphatic heterocycles. The highest BCUT2D eigenvalue weighted by Gasteiger charge is 2.85. The zero-order chi connectivity index (χ0) is 30.6. The summed E-state index contributed by atoms with van der Waals surface area (Å²) < 4.78 is 227. The first-order chi connectivity index (χ1) is 16.5. The summed E-state index contributed by atoms with van der Waals surface area (Å²) in [4.78, 5) is 11.9. The Balaban J connectivity index is 3.51. The van der Waals surface area contributed by atoms with Gasteiger partial charge in [0.1, 0.15) is 0 Å². The van der Waals surface area contributed by atoms with Gasteiger partial charge in [0.05, 0.1) is 0 Å². The molecular formula is C17H16F17NO3. The smallest absolute Gasteiger partial charge is 0.348 e. The predicted octanol–water partition coefficient (Wildman–Crippen LogP) is 6.80. The van der Waals surface area contributed by atoms with Crippen LogP contribution in [-0.4, -0.2) is 60.3 Å². The molecule has 0 radical (unpaired) electrons. The number of carbonyl (C=O) groups is 1. The number of amides is 1. The number of alkyl halides is 17. The quantitative estimate of drug-likeness (QED) is 0.310. The van der Waals surface area contributed by atoms with E-state index in [1.807, 2.05) is 0 Å². The number of hydrogen-bond donors (Lipinski definition) is 1. The first-order valence-electron chi connectivity index (χ1n) is 9.89. The number of ether oxygens (including phenoxy) is 2. The van der Waals surface area contributed by atoms with Gasteiger partial charge in [-0.1, -0.05) is 13.8 Å². The second kappa shape index (κ2) is 9.99. The minimum Gasteiger partial charge on any atom is -0.348 e. The van der Waals surface area contributed by atoms with E-state index in [1.54, 1.807) is 6.92 Å². The molecule has 0 aromatic heterocycles. The normalized spacial score (nSPS) is 25.9. The van der Waals surface area contributed by atoms with Gasteiger partial charge in [-0.05, 0) is 31.1 Å². The fraction of sp³-hybridized carbons (Fsp3) is 0.941. The molecule has 0 heterocycles. The van der Waals surface area contributed by atoms with Crippen LogP contribution in [0.25, 0.3) is 0 Å². The van der Waals surface area contributed by atoms with E-state index in [-0.39, 0.29) is 25.2 Å². The van der Waals surface area contributed by atoms with Crippen LogP contribution in [0.5, 0.6) is 0 Å². The maximum atomic E-state index is 14.5. The third-order valence-electron chi connectivity index (χ3n) is 5.59. The molecule has 0 saturated heterocycles.